The van der Waals surface area contributed by atoms with Crippen LogP contribution in [0.15, 0.2) is 53.1 Å². The van der Waals surface area contributed by atoms with Gasteiger partial charge in [-0.15, -0.1) is 0 Å². The summed E-state index contributed by atoms with van der Waals surface area (Å²) >= 11 is 11.9. The number of hydrogen-bond donors (Lipinski definition) is 0. The Bertz CT molecular complexity index is 928. The number of amides is 1. The van der Waals surface area contributed by atoms with Gasteiger partial charge in [-0.25, -0.2) is 0 Å². The van der Waals surface area contributed by atoms with Gasteiger partial charge in [0.1, 0.15) is 12.4 Å². The molecule has 1 amide bonds. The standard InChI is InChI=1S/C20H19Cl2N3O3/c1-25(12-13-27-17-5-3-2-4-16(17)22)19(26)11-10-18-23-20(24-28-18)14-6-8-15(21)9-7-14/h2-9H,10-13H2,1H3. The van der Waals surface area contributed by atoms with Crippen molar-refractivity contribution in [2.75, 3.05) is 20.2 Å². The Labute approximate surface area is 173 Å². The summed E-state index contributed by atoms with van der Waals surface area (Å²) in [4.78, 5) is 18.2. The van der Waals surface area contributed by atoms with Crippen LogP contribution in [-0.4, -0.2) is 41.1 Å². The fourth-order valence-corrected chi connectivity index (χ4v) is 2.77. The van der Waals surface area contributed by atoms with Gasteiger partial charge in [0.15, 0.2) is 0 Å². The lowest BCUT2D eigenvalue weighted by Crippen LogP contribution is -2.31. The lowest BCUT2D eigenvalue weighted by molar-refractivity contribution is -0.130. The second-order valence-corrected chi connectivity index (χ2v) is 6.96. The number of carbonyl (C=O) groups is 1. The molecule has 0 bridgehead atoms. The van der Waals surface area contributed by atoms with Gasteiger partial charge < -0.3 is 14.2 Å². The normalized spacial score (nSPS) is 10.7. The first-order valence-electron chi connectivity index (χ1n) is 8.73. The number of nitrogens with zero attached hydrogens (tertiary/aromatic N) is 3. The van der Waals surface area contributed by atoms with E-state index in [4.69, 9.17) is 32.5 Å². The van der Waals surface area contributed by atoms with Crippen LogP contribution in [0.25, 0.3) is 11.4 Å². The Balaban J connectivity index is 1.44. The van der Waals surface area contributed by atoms with Gasteiger partial charge in [-0.2, -0.15) is 4.98 Å². The molecule has 0 unspecified atom stereocenters. The third kappa shape index (κ3) is 5.47. The van der Waals surface area contributed by atoms with Crippen LogP contribution in [-0.2, 0) is 11.2 Å². The summed E-state index contributed by atoms with van der Waals surface area (Å²) < 4.78 is 10.8. The van der Waals surface area contributed by atoms with E-state index in [0.717, 1.165) is 5.56 Å². The molecule has 0 fully saturated rings. The van der Waals surface area contributed by atoms with E-state index in [1.807, 2.05) is 24.3 Å². The van der Waals surface area contributed by atoms with Crippen molar-refractivity contribution in [1.29, 1.82) is 0 Å². The molecule has 3 aromatic rings. The molecule has 6 nitrogen and oxygen atoms in total. The van der Waals surface area contributed by atoms with Gasteiger partial charge in [0.25, 0.3) is 0 Å². The SMILES string of the molecule is CN(CCOc1ccccc1Cl)C(=O)CCc1nc(-c2ccc(Cl)cc2)no1. The minimum Gasteiger partial charge on any atom is -0.490 e. The van der Waals surface area contributed by atoms with Crippen LogP contribution in [0.2, 0.25) is 10.0 Å². The summed E-state index contributed by atoms with van der Waals surface area (Å²) in [5.74, 6) is 1.46. The highest BCUT2D eigenvalue weighted by molar-refractivity contribution is 6.32. The molecule has 2 aromatic carbocycles. The minimum atomic E-state index is -0.0333. The molecule has 0 saturated heterocycles. The number of ether oxygens (including phenoxy) is 1. The van der Waals surface area contributed by atoms with Gasteiger partial charge in [0, 0.05) is 30.5 Å². The molecule has 146 valence electrons. The number of aromatic nitrogens is 2. The van der Waals surface area contributed by atoms with E-state index in [-0.39, 0.29) is 12.3 Å². The van der Waals surface area contributed by atoms with E-state index in [1.165, 1.54) is 0 Å². The van der Waals surface area contributed by atoms with E-state index in [0.29, 0.717) is 47.1 Å². The van der Waals surface area contributed by atoms with Gasteiger partial charge in [0.2, 0.25) is 17.6 Å². The first kappa shape index (κ1) is 20.2. The zero-order valence-corrected chi connectivity index (χ0v) is 16.8. The molecule has 0 saturated carbocycles. The van der Waals surface area contributed by atoms with Crippen molar-refractivity contribution in [1.82, 2.24) is 15.0 Å². The van der Waals surface area contributed by atoms with Crippen molar-refractivity contribution in [2.45, 2.75) is 12.8 Å². The highest BCUT2D eigenvalue weighted by atomic mass is 35.5. The highest BCUT2D eigenvalue weighted by Gasteiger charge is 2.13. The predicted molar refractivity (Wildman–Crippen MR) is 108 cm³/mol. The summed E-state index contributed by atoms with van der Waals surface area (Å²) in [5, 5.41) is 5.13. The number of likely N-dealkylation sites (N-methyl/N-ethyl adjacent to an activating group) is 1. The maximum atomic E-state index is 12.3. The lowest BCUT2D eigenvalue weighted by atomic mass is 10.2. The Hall–Kier alpha value is -2.57. The molecule has 1 aromatic heterocycles. The molecule has 8 heteroatoms. The van der Waals surface area contributed by atoms with Crippen LogP contribution < -0.4 is 4.74 Å². The van der Waals surface area contributed by atoms with Gasteiger partial charge in [-0.3, -0.25) is 4.79 Å². The number of para-hydroxylation sites is 1. The summed E-state index contributed by atoms with van der Waals surface area (Å²) in [6.07, 6.45) is 0.639. The van der Waals surface area contributed by atoms with Crippen LogP contribution in [0, 0.1) is 0 Å². The lowest BCUT2D eigenvalue weighted by Gasteiger charge is -2.17. The molecule has 0 aliphatic heterocycles. The van der Waals surface area contributed by atoms with Crippen LogP contribution >= 0.6 is 23.2 Å². The number of benzene rings is 2. The minimum absolute atomic E-state index is 0.0333. The third-order valence-corrected chi connectivity index (χ3v) is 4.63. The zero-order valence-electron chi connectivity index (χ0n) is 15.3. The molecule has 28 heavy (non-hydrogen) atoms. The number of carbonyl (C=O) groups excluding carboxylic acids is 1. The van der Waals surface area contributed by atoms with Gasteiger partial charge in [-0.05, 0) is 36.4 Å². The molecule has 3 rings (SSSR count). The predicted octanol–water partition coefficient (Wildman–Crippen LogP) is 4.51. The van der Waals surface area contributed by atoms with Crippen molar-refractivity contribution in [3.8, 4) is 17.1 Å². The van der Waals surface area contributed by atoms with E-state index in [1.54, 1.807) is 36.2 Å². The molecule has 1 heterocycles. The van der Waals surface area contributed by atoms with Crippen LogP contribution in [0.5, 0.6) is 5.75 Å². The smallest absolute Gasteiger partial charge is 0.227 e. The first-order chi connectivity index (χ1) is 13.5. The number of halogens is 2. The Morgan fingerprint density at radius 2 is 1.89 bits per heavy atom. The van der Waals surface area contributed by atoms with Crippen molar-refractivity contribution in [2.24, 2.45) is 0 Å². The van der Waals surface area contributed by atoms with Gasteiger partial charge in [-0.1, -0.05) is 40.5 Å². The molecule has 0 spiro atoms. The summed E-state index contributed by atoms with van der Waals surface area (Å²) in [5.41, 5.74) is 0.805. The number of rotatable bonds is 8. The Morgan fingerprint density at radius 3 is 2.64 bits per heavy atom. The number of aryl methyl sites for hydroxylation is 1. The summed E-state index contributed by atoms with van der Waals surface area (Å²) in [7, 11) is 1.73. The topological polar surface area (TPSA) is 68.5 Å². The van der Waals surface area contributed by atoms with Crippen molar-refractivity contribution >= 4 is 29.1 Å². The monoisotopic (exact) mass is 419 g/mol. The Kier molecular flexibility index (Phi) is 6.90. The van der Waals surface area contributed by atoms with Crippen molar-refractivity contribution in [3.63, 3.8) is 0 Å². The maximum Gasteiger partial charge on any atom is 0.227 e. The molecule has 0 N–H and O–H groups in total. The third-order valence-electron chi connectivity index (χ3n) is 4.07. The largest absolute Gasteiger partial charge is 0.490 e. The van der Waals surface area contributed by atoms with Gasteiger partial charge in [0.05, 0.1) is 11.6 Å². The second-order valence-electron chi connectivity index (χ2n) is 6.11. The molecule has 0 radical (unpaired) electrons. The van der Waals surface area contributed by atoms with E-state index >= 15 is 0 Å². The average Bonchev–Trinajstić information content (AvgIpc) is 3.17. The van der Waals surface area contributed by atoms with Crippen molar-refractivity contribution < 1.29 is 14.1 Å². The summed E-state index contributed by atoms with van der Waals surface area (Å²) in [6, 6.07) is 14.4. The van der Waals surface area contributed by atoms with Crippen LogP contribution in [0.3, 0.4) is 0 Å². The molecule has 0 aliphatic rings. The Morgan fingerprint density at radius 1 is 1.14 bits per heavy atom. The van der Waals surface area contributed by atoms with Crippen LogP contribution in [0.1, 0.15) is 12.3 Å². The van der Waals surface area contributed by atoms with Crippen molar-refractivity contribution in [3.05, 3.63) is 64.5 Å². The van der Waals surface area contributed by atoms with E-state index < -0.39 is 0 Å². The highest BCUT2D eigenvalue weighted by Crippen LogP contribution is 2.23. The second kappa shape index (κ2) is 9.57. The van der Waals surface area contributed by atoms with Gasteiger partial charge >= 0.3 is 0 Å². The molecule has 0 aliphatic carbocycles. The maximum absolute atomic E-state index is 12.3. The molecule has 0 atom stereocenters. The zero-order chi connectivity index (χ0) is 19.9. The van der Waals surface area contributed by atoms with Crippen LogP contribution in [0.4, 0.5) is 0 Å². The van der Waals surface area contributed by atoms with E-state index in [9.17, 15) is 4.79 Å². The number of hydrogen-bond acceptors (Lipinski definition) is 5. The fraction of sp³-hybridized carbons (Fsp3) is 0.250. The van der Waals surface area contributed by atoms with E-state index in [2.05, 4.69) is 10.1 Å². The average molecular weight is 420 g/mol. The summed E-state index contributed by atoms with van der Waals surface area (Å²) in [6.45, 7) is 0.803. The molecular formula is C20H19Cl2N3O3. The quantitative estimate of drug-likeness (QED) is 0.536. The molecular weight excluding hydrogens is 401 g/mol. The fourth-order valence-electron chi connectivity index (χ4n) is 2.46. The first-order valence-corrected chi connectivity index (χ1v) is 9.48.